The van der Waals surface area contributed by atoms with Gasteiger partial charge in [0.15, 0.2) is 0 Å². The van der Waals surface area contributed by atoms with Crippen molar-refractivity contribution in [3.63, 3.8) is 0 Å². The lowest BCUT2D eigenvalue weighted by molar-refractivity contribution is -0.137. The van der Waals surface area contributed by atoms with E-state index in [0.717, 1.165) is 31.4 Å². The van der Waals surface area contributed by atoms with Crippen molar-refractivity contribution in [1.82, 2.24) is 15.1 Å². The standard InChI is InChI=1S/C17H20F3N3O/c1-3-4-5-9-21-16(24)15-11-22-23(12(15)2)14-8-6-7-13(10-14)17(18,19)20/h6-8,10-11H,3-5,9H2,1-2H3,(H,21,24). The van der Waals surface area contributed by atoms with Gasteiger partial charge in [-0.3, -0.25) is 4.79 Å². The zero-order chi connectivity index (χ0) is 17.7. The van der Waals surface area contributed by atoms with E-state index in [2.05, 4.69) is 17.3 Å². The normalized spacial score (nSPS) is 11.5. The molecule has 0 saturated carbocycles. The van der Waals surface area contributed by atoms with Crippen molar-refractivity contribution in [2.75, 3.05) is 6.54 Å². The average Bonchev–Trinajstić information content (AvgIpc) is 2.92. The van der Waals surface area contributed by atoms with Crippen LogP contribution in [-0.2, 0) is 6.18 Å². The number of nitrogens with one attached hydrogen (secondary N) is 1. The highest BCUT2D eigenvalue weighted by Crippen LogP contribution is 2.30. The molecule has 0 bridgehead atoms. The Labute approximate surface area is 138 Å². The molecule has 7 heteroatoms. The summed E-state index contributed by atoms with van der Waals surface area (Å²) in [6.07, 6.45) is -0.0600. The van der Waals surface area contributed by atoms with Gasteiger partial charge in [0, 0.05) is 6.54 Å². The van der Waals surface area contributed by atoms with Crippen molar-refractivity contribution in [2.24, 2.45) is 0 Å². The van der Waals surface area contributed by atoms with Crippen LogP contribution in [0.25, 0.3) is 5.69 Å². The highest BCUT2D eigenvalue weighted by atomic mass is 19.4. The van der Waals surface area contributed by atoms with Crippen LogP contribution in [0.5, 0.6) is 0 Å². The van der Waals surface area contributed by atoms with Crippen LogP contribution in [0, 0.1) is 6.92 Å². The van der Waals surface area contributed by atoms with E-state index >= 15 is 0 Å². The molecule has 0 fully saturated rings. The first-order valence-electron chi connectivity index (χ1n) is 7.85. The maximum Gasteiger partial charge on any atom is 0.416 e. The Kier molecular flexibility index (Phi) is 5.64. The summed E-state index contributed by atoms with van der Waals surface area (Å²) >= 11 is 0. The topological polar surface area (TPSA) is 46.9 Å². The fourth-order valence-electron chi connectivity index (χ4n) is 2.38. The molecule has 0 unspecified atom stereocenters. The highest BCUT2D eigenvalue weighted by molar-refractivity contribution is 5.95. The molecule has 0 spiro atoms. The Bertz CT molecular complexity index is 707. The van der Waals surface area contributed by atoms with Crippen LogP contribution >= 0.6 is 0 Å². The van der Waals surface area contributed by atoms with E-state index in [9.17, 15) is 18.0 Å². The second kappa shape index (κ2) is 7.51. The third-order valence-corrected chi connectivity index (χ3v) is 3.74. The molecular formula is C17H20F3N3O. The van der Waals surface area contributed by atoms with E-state index in [-0.39, 0.29) is 11.6 Å². The molecule has 0 atom stereocenters. The lowest BCUT2D eigenvalue weighted by Gasteiger charge is -2.10. The maximum atomic E-state index is 12.8. The number of amides is 1. The first-order valence-corrected chi connectivity index (χ1v) is 7.85. The van der Waals surface area contributed by atoms with Crippen LogP contribution in [0.15, 0.2) is 30.5 Å². The van der Waals surface area contributed by atoms with Gasteiger partial charge in [0.1, 0.15) is 0 Å². The minimum atomic E-state index is -4.42. The highest BCUT2D eigenvalue weighted by Gasteiger charge is 2.30. The third kappa shape index (κ3) is 4.15. The molecule has 1 aromatic heterocycles. The van der Waals surface area contributed by atoms with Gasteiger partial charge in [-0.05, 0) is 31.5 Å². The smallest absolute Gasteiger partial charge is 0.352 e. The lowest BCUT2D eigenvalue weighted by Crippen LogP contribution is -2.24. The lowest BCUT2D eigenvalue weighted by atomic mass is 10.2. The van der Waals surface area contributed by atoms with E-state index in [1.807, 2.05) is 0 Å². The first-order chi connectivity index (χ1) is 11.3. The summed E-state index contributed by atoms with van der Waals surface area (Å²) in [4.78, 5) is 12.2. The molecule has 0 aliphatic carbocycles. The number of rotatable bonds is 6. The number of hydrogen-bond donors (Lipinski definition) is 1. The predicted molar refractivity (Wildman–Crippen MR) is 85.2 cm³/mol. The number of nitrogens with zero attached hydrogens (tertiary/aromatic N) is 2. The summed E-state index contributed by atoms with van der Waals surface area (Å²) in [5, 5.41) is 6.87. The van der Waals surface area contributed by atoms with E-state index in [0.29, 0.717) is 17.8 Å². The van der Waals surface area contributed by atoms with Gasteiger partial charge in [-0.25, -0.2) is 4.68 Å². The van der Waals surface area contributed by atoms with E-state index < -0.39 is 11.7 Å². The molecule has 1 amide bonds. The largest absolute Gasteiger partial charge is 0.416 e. The molecule has 2 aromatic rings. The third-order valence-electron chi connectivity index (χ3n) is 3.74. The molecule has 1 N–H and O–H groups in total. The summed E-state index contributed by atoms with van der Waals surface area (Å²) in [6, 6.07) is 4.87. The summed E-state index contributed by atoms with van der Waals surface area (Å²) in [7, 11) is 0. The summed E-state index contributed by atoms with van der Waals surface area (Å²) < 4.78 is 39.8. The Balaban J connectivity index is 2.19. The van der Waals surface area contributed by atoms with Crippen molar-refractivity contribution in [2.45, 2.75) is 39.3 Å². The number of benzene rings is 1. The Morgan fingerprint density at radius 3 is 2.71 bits per heavy atom. The SMILES string of the molecule is CCCCCNC(=O)c1cnn(-c2cccc(C(F)(F)F)c2)c1C. The quantitative estimate of drug-likeness (QED) is 0.805. The molecule has 0 saturated heterocycles. The molecule has 2 rings (SSSR count). The molecule has 1 aromatic carbocycles. The molecule has 0 radical (unpaired) electrons. The first kappa shape index (κ1) is 18.0. The molecule has 4 nitrogen and oxygen atoms in total. The number of alkyl halides is 3. The van der Waals surface area contributed by atoms with Gasteiger partial charge in [-0.1, -0.05) is 25.8 Å². The van der Waals surface area contributed by atoms with Gasteiger partial charge in [0.05, 0.1) is 28.7 Å². The molecule has 0 aliphatic rings. The molecule has 0 aliphatic heterocycles. The molecule has 130 valence electrons. The van der Waals surface area contributed by atoms with Crippen molar-refractivity contribution in [3.05, 3.63) is 47.3 Å². The van der Waals surface area contributed by atoms with Crippen LogP contribution in [0.1, 0.15) is 47.8 Å². The van der Waals surface area contributed by atoms with Crippen LogP contribution < -0.4 is 5.32 Å². The number of carbonyl (C=O) groups is 1. The average molecular weight is 339 g/mol. The van der Waals surface area contributed by atoms with Crippen LogP contribution in [0.2, 0.25) is 0 Å². The second-order valence-electron chi connectivity index (χ2n) is 5.57. The van der Waals surface area contributed by atoms with Crippen molar-refractivity contribution < 1.29 is 18.0 Å². The van der Waals surface area contributed by atoms with Crippen LogP contribution in [-0.4, -0.2) is 22.2 Å². The molecular weight excluding hydrogens is 319 g/mol. The monoisotopic (exact) mass is 339 g/mol. The van der Waals surface area contributed by atoms with Crippen LogP contribution in [0.3, 0.4) is 0 Å². The van der Waals surface area contributed by atoms with Crippen LogP contribution in [0.4, 0.5) is 13.2 Å². The molecule has 24 heavy (non-hydrogen) atoms. The minimum Gasteiger partial charge on any atom is -0.352 e. The second-order valence-corrected chi connectivity index (χ2v) is 5.57. The summed E-state index contributed by atoms with van der Waals surface area (Å²) in [6.45, 7) is 4.31. The fraction of sp³-hybridized carbons (Fsp3) is 0.412. The van der Waals surface area contributed by atoms with E-state index in [4.69, 9.17) is 0 Å². The van der Waals surface area contributed by atoms with Crippen molar-refractivity contribution in [3.8, 4) is 5.69 Å². The zero-order valence-corrected chi connectivity index (χ0v) is 13.7. The van der Waals surface area contributed by atoms with E-state index in [1.54, 1.807) is 6.92 Å². The number of hydrogen-bond acceptors (Lipinski definition) is 2. The van der Waals surface area contributed by atoms with Gasteiger partial charge < -0.3 is 5.32 Å². The number of aromatic nitrogens is 2. The van der Waals surface area contributed by atoms with Gasteiger partial charge >= 0.3 is 6.18 Å². The Morgan fingerprint density at radius 2 is 2.04 bits per heavy atom. The fourth-order valence-corrected chi connectivity index (χ4v) is 2.38. The van der Waals surface area contributed by atoms with E-state index in [1.165, 1.54) is 23.0 Å². The summed E-state index contributed by atoms with van der Waals surface area (Å²) in [5.74, 6) is -0.262. The Morgan fingerprint density at radius 1 is 1.29 bits per heavy atom. The summed E-state index contributed by atoms with van der Waals surface area (Å²) in [5.41, 5.74) is 0.388. The molecule has 1 heterocycles. The minimum absolute atomic E-state index is 0.262. The number of carbonyl (C=O) groups excluding carboxylic acids is 1. The van der Waals surface area contributed by atoms with Crippen molar-refractivity contribution >= 4 is 5.91 Å². The Hall–Kier alpha value is -2.31. The predicted octanol–water partition coefficient (Wildman–Crippen LogP) is 4.12. The number of halogens is 3. The maximum absolute atomic E-state index is 12.8. The van der Waals surface area contributed by atoms with Gasteiger partial charge in [-0.15, -0.1) is 0 Å². The van der Waals surface area contributed by atoms with Gasteiger partial charge in [-0.2, -0.15) is 18.3 Å². The van der Waals surface area contributed by atoms with Gasteiger partial charge in [0.2, 0.25) is 0 Å². The zero-order valence-electron chi connectivity index (χ0n) is 13.7. The number of unbranched alkanes of at least 4 members (excludes halogenated alkanes) is 2. The van der Waals surface area contributed by atoms with Gasteiger partial charge in [0.25, 0.3) is 5.91 Å². The van der Waals surface area contributed by atoms with Crippen molar-refractivity contribution in [1.29, 1.82) is 0 Å².